The van der Waals surface area contributed by atoms with Gasteiger partial charge in [-0.25, -0.2) is 0 Å². The molecule has 6 rings (SSSR count). The van der Waals surface area contributed by atoms with E-state index in [4.69, 9.17) is 43.4 Å². The number of benzene rings is 2. The molecule has 45 heavy (non-hydrogen) atoms. The number of unbranched alkanes of at least 4 members (excludes halogenated alkanes) is 2. The number of ether oxygens (including phenoxy) is 8. The van der Waals surface area contributed by atoms with Gasteiger partial charge in [0.15, 0.2) is 25.2 Å². The predicted octanol–water partition coefficient (Wildman–Crippen LogP) is 6.46. The van der Waals surface area contributed by atoms with E-state index >= 15 is 0 Å². The number of hydrogen-bond donors (Lipinski definition) is 0. The van der Waals surface area contributed by atoms with E-state index < -0.39 is 25.2 Å². The summed E-state index contributed by atoms with van der Waals surface area (Å²) >= 11 is 0. The third-order valence-electron chi connectivity index (χ3n) is 9.47. The highest BCUT2D eigenvalue weighted by Crippen LogP contribution is 2.43. The van der Waals surface area contributed by atoms with Gasteiger partial charge in [-0.2, -0.15) is 0 Å². The summed E-state index contributed by atoms with van der Waals surface area (Å²) in [6.07, 6.45) is -0.839. The van der Waals surface area contributed by atoms with Crippen molar-refractivity contribution in [1.82, 2.24) is 0 Å². The SMILES string of the molecule is CC1[C@H](O[C@@H]2C(C)[C@H](OCCCCCN=[N+]=[N-])OC3COC(c4ccccc4)O[C@H]32)OC2COC(c3ccccc3)O[C@H]2[C@@H]1C. The highest BCUT2D eigenvalue weighted by atomic mass is 16.8. The molecule has 4 aliphatic rings. The van der Waals surface area contributed by atoms with E-state index in [1.165, 1.54) is 0 Å². The molecule has 0 aliphatic carbocycles. The van der Waals surface area contributed by atoms with Crippen molar-refractivity contribution in [2.24, 2.45) is 22.9 Å². The number of fused-ring (bicyclic) bond motifs is 2. The largest absolute Gasteiger partial charge is 0.352 e. The van der Waals surface area contributed by atoms with Crippen LogP contribution in [0.25, 0.3) is 10.4 Å². The molecule has 0 amide bonds. The van der Waals surface area contributed by atoms with Gasteiger partial charge in [-0.1, -0.05) is 93.0 Å². The number of nitrogens with zero attached hydrogens (tertiary/aromatic N) is 3. The van der Waals surface area contributed by atoms with Crippen molar-refractivity contribution in [3.63, 3.8) is 0 Å². The quantitative estimate of drug-likeness (QED) is 0.121. The summed E-state index contributed by atoms with van der Waals surface area (Å²) in [5.41, 5.74) is 10.4. The second kappa shape index (κ2) is 15.3. The highest BCUT2D eigenvalue weighted by Gasteiger charge is 2.53. The van der Waals surface area contributed by atoms with Gasteiger partial charge in [0.25, 0.3) is 0 Å². The van der Waals surface area contributed by atoms with Gasteiger partial charge in [0.2, 0.25) is 0 Å². The maximum atomic E-state index is 8.49. The molecule has 4 heterocycles. The predicted molar refractivity (Wildman–Crippen MR) is 164 cm³/mol. The molecule has 2 aromatic rings. The van der Waals surface area contributed by atoms with E-state index in [0.29, 0.717) is 26.4 Å². The molecule has 0 N–H and O–H groups in total. The van der Waals surface area contributed by atoms with Crippen LogP contribution in [0.3, 0.4) is 0 Å². The monoisotopic (exact) mass is 623 g/mol. The first-order chi connectivity index (χ1) is 22.0. The Labute approximate surface area is 265 Å². The van der Waals surface area contributed by atoms with Crippen molar-refractivity contribution in [1.29, 1.82) is 0 Å². The molecule has 11 nitrogen and oxygen atoms in total. The molecular weight excluding hydrogens is 578 g/mol. The lowest BCUT2D eigenvalue weighted by atomic mass is 9.83. The normalized spacial score (nSPS) is 38.0. The van der Waals surface area contributed by atoms with Crippen molar-refractivity contribution in [2.45, 2.75) is 95.7 Å². The Hall–Kier alpha value is -2.57. The van der Waals surface area contributed by atoms with Crippen LogP contribution in [0.2, 0.25) is 0 Å². The number of rotatable bonds is 11. The van der Waals surface area contributed by atoms with Gasteiger partial charge < -0.3 is 37.9 Å². The third kappa shape index (κ3) is 7.54. The smallest absolute Gasteiger partial charge is 0.184 e. The molecule has 12 atom stereocenters. The molecule has 4 saturated heterocycles. The fourth-order valence-electron chi connectivity index (χ4n) is 6.65. The fraction of sp³-hybridized carbons (Fsp3) is 0.647. The van der Waals surface area contributed by atoms with E-state index in [2.05, 4.69) is 30.8 Å². The van der Waals surface area contributed by atoms with Crippen LogP contribution >= 0.6 is 0 Å². The molecule has 0 spiro atoms. The second-order valence-corrected chi connectivity index (χ2v) is 12.5. The van der Waals surface area contributed by atoms with Crippen LogP contribution in [-0.2, 0) is 37.9 Å². The molecular formula is C34H45N3O8. The Balaban J connectivity index is 1.14. The van der Waals surface area contributed by atoms with Gasteiger partial charge in [-0.15, -0.1) is 0 Å². The molecule has 4 fully saturated rings. The topological polar surface area (TPSA) is 123 Å². The van der Waals surface area contributed by atoms with E-state index in [9.17, 15) is 0 Å². The molecule has 0 aromatic heterocycles. The molecule has 0 bridgehead atoms. The van der Waals surface area contributed by atoms with Crippen molar-refractivity contribution in [3.8, 4) is 0 Å². The van der Waals surface area contributed by atoms with Crippen molar-refractivity contribution >= 4 is 0 Å². The van der Waals surface area contributed by atoms with Crippen molar-refractivity contribution < 1.29 is 37.9 Å². The molecule has 4 aliphatic heterocycles. The molecule has 6 unspecified atom stereocenters. The lowest BCUT2D eigenvalue weighted by molar-refractivity contribution is -0.390. The zero-order valence-corrected chi connectivity index (χ0v) is 26.3. The van der Waals surface area contributed by atoms with Gasteiger partial charge in [0, 0.05) is 41.0 Å². The maximum absolute atomic E-state index is 8.49. The molecule has 0 saturated carbocycles. The Morgan fingerprint density at radius 3 is 1.96 bits per heavy atom. The van der Waals surface area contributed by atoms with Crippen LogP contribution in [0.1, 0.15) is 63.7 Å². The molecule has 0 radical (unpaired) electrons. The maximum Gasteiger partial charge on any atom is 0.184 e. The Kier molecular flexibility index (Phi) is 11.0. The summed E-state index contributed by atoms with van der Waals surface area (Å²) in [4.78, 5) is 2.82. The average molecular weight is 624 g/mol. The van der Waals surface area contributed by atoms with Crippen LogP contribution in [0, 0.1) is 17.8 Å². The summed E-state index contributed by atoms with van der Waals surface area (Å²) in [6.45, 7) is 8.24. The van der Waals surface area contributed by atoms with Gasteiger partial charge in [0.05, 0.1) is 25.4 Å². The lowest BCUT2D eigenvalue weighted by Crippen LogP contribution is -2.62. The standard InChI is InChI=1S/C34H45N3O8/c1-21-22(2)32(42-26-19-39-33(43-28(21)26)24-13-7-4-8-14-24)44-29-23(3)31(38-18-12-6-11-17-36-37-35)41-27-20-40-34(45-30(27)29)25-15-9-5-10-16-25/h4-5,7-10,13-16,21-23,26-34H,6,11-12,17-20H2,1-3H3/t21-,22?,23?,26?,27?,28+,29-,30-,31-,32+,33?,34?/m1/s1. The van der Waals surface area contributed by atoms with Gasteiger partial charge in [-0.05, 0) is 24.3 Å². The highest BCUT2D eigenvalue weighted by molar-refractivity contribution is 5.17. The van der Waals surface area contributed by atoms with Crippen LogP contribution in [0.5, 0.6) is 0 Å². The summed E-state index contributed by atoms with van der Waals surface area (Å²) in [7, 11) is 0. The zero-order valence-electron chi connectivity index (χ0n) is 26.3. The average Bonchev–Trinajstić information content (AvgIpc) is 3.08. The first-order valence-corrected chi connectivity index (χ1v) is 16.3. The van der Waals surface area contributed by atoms with Gasteiger partial charge >= 0.3 is 0 Å². The lowest BCUT2D eigenvalue weighted by Gasteiger charge is -2.52. The summed E-state index contributed by atoms with van der Waals surface area (Å²) in [5, 5.41) is 3.61. The summed E-state index contributed by atoms with van der Waals surface area (Å²) < 4.78 is 51.5. The third-order valence-corrected chi connectivity index (χ3v) is 9.47. The van der Waals surface area contributed by atoms with Gasteiger partial charge in [0.1, 0.15) is 18.3 Å². The minimum Gasteiger partial charge on any atom is -0.352 e. The zero-order chi connectivity index (χ0) is 31.2. The molecule has 2 aromatic carbocycles. The van der Waals surface area contributed by atoms with E-state index in [1.54, 1.807) is 0 Å². The van der Waals surface area contributed by atoms with E-state index in [0.717, 1.165) is 30.4 Å². The number of hydrogen-bond acceptors (Lipinski definition) is 9. The van der Waals surface area contributed by atoms with E-state index in [1.807, 2.05) is 60.7 Å². The summed E-state index contributed by atoms with van der Waals surface area (Å²) in [6, 6.07) is 20.0. The van der Waals surface area contributed by atoms with Crippen molar-refractivity contribution in [2.75, 3.05) is 26.4 Å². The number of azide groups is 1. The Bertz CT molecular complexity index is 1250. The van der Waals surface area contributed by atoms with Gasteiger partial charge in [-0.3, -0.25) is 0 Å². The Morgan fingerprint density at radius 1 is 0.711 bits per heavy atom. The van der Waals surface area contributed by atoms with Crippen LogP contribution < -0.4 is 0 Å². The molecule has 11 heteroatoms. The minimum atomic E-state index is -0.522. The fourth-order valence-corrected chi connectivity index (χ4v) is 6.65. The van der Waals surface area contributed by atoms with Crippen LogP contribution in [0.4, 0.5) is 0 Å². The molecule has 244 valence electrons. The first kappa shape index (κ1) is 32.4. The van der Waals surface area contributed by atoms with Crippen molar-refractivity contribution in [3.05, 3.63) is 82.2 Å². The van der Waals surface area contributed by atoms with Crippen LogP contribution in [-0.4, -0.2) is 69.5 Å². The minimum absolute atomic E-state index is 0.0504. The summed E-state index contributed by atoms with van der Waals surface area (Å²) in [5.74, 6) is 0.0727. The van der Waals surface area contributed by atoms with E-state index in [-0.39, 0.29) is 48.3 Å². The van der Waals surface area contributed by atoms with Crippen LogP contribution in [0.15, 0.2) is 65.8 Å². The second-order valence-electron chi connectivity index (χ2n) is 12.5. The Morgan fingerprint density at radius 2 is 1.31 bits per heavy atom. The first-order valence-electron chi connectivity index (χ1n) is 16.3.